The summed E-state index contributed by atoms with van der Waals surface area (Å²) in [5.41, 5.74) is 2.53. The number of ketones is 1. The van der Waals surface area contributed by atoms with Crippen LogP contribution in [-0.2, 0) is 31.6 Å². The van der Waals surface area contributed by atoms with E-state index in [1.165, 1.54) is 5.57 Å². The SMILES string of the molecule is COc1ccc(-n2c(=O)c(C)c([C@@]34CC[C@]5(C)[C@H](CC[C@H]6C5(C)CC[C@H]5C(C)(C)C(OC(=O)CC(C)(C)C(=O)O)CC[C@@]56C)C3=C(C(C)C)C(=O)C4)n2C)cn1. The van der Waals surface area contributed by atoms with E-state index in [1.807, 2.05) is 24.7 Å². The number of carboxylic acid groups (broad SMARTS) is 1. The molecule has 1 N–H and O–H groups in total. The van der Waals surface area contributed by atoms with Crippen LogP contribution in [0.15, 0.2) is 34.3 Å². The summed E-state index contributed by atoms with van der Waals surface area (Å²) >= 11 is 0. The molecule has 4 saturated carbocycles. The van der Waals surface area contributed by atoms with Crippen LogP contribution in [0, 0.1) is 57.7 Å². The third-order valence-electron chi connectivity index (χ3n) is 16.9. The monoisotopic (exact) mass is 771 g/mol. The number of carboxylic acids is 1. The van der Waals surface area contributed by atoms with Gasteiger partial charge in [0, 0.05) is 35.9 Å². The Labute approximate surface area is 332 Å². The Kier molecular flexibility index (Phi) is 9.52. The number of nitrogens with zero attached hydrogens (tertiary/aromatic N) is 3. The van der Waals surface area contributed by atoms with Crippen LogP contribution >= 0.6 is 0 Å². The molecular formula is C46H65N3O7. The summed E-state index contributed by atoms with van der Waals surface area (Å²) in [5, 5.41) is 9.65. The molecule has 10 nitrogen and oxygen atoms in total. The number of ether oxygens (including phenoxy) is 2. The van der Waals surface area contributed by atoms with Gasteiger partial charge in [0.25, 0.3) is 5.56 Å². The molecule has 2 aromatic heterocycles. The molecule has 0 bridgehead atoms. The lowest BCUT2D eigenvalue weighted by molar-refractivity contribution is -0.232. The van der Waals surface area contributed by atoms with Crippen molar-refractivity contribution in [3.8, 4) is 11.6 Å². The number of fused-ring (bicyclic) bond motifs is 7. The number of Topliss-reactive ketones (excluding diaryl/α,β-unsaturated/α-hetero) is 1. The summed E-state index contributed by atoms with van der Waals surface area (Å²) in [6, 6.07) is 3.63. The zero-order valence-electron chi connectivity index (χ0n) is 35.9. The van der Waals surface area contributed by atoms with E-state index >= 15 is 0 Å². The molecule has 2 unspecified atom stereocenters. The number of carbonyl (C=O) groups excluding carboxylic acids is 2. The van der Waals surface area contributed by atoms with Gasteiger partial charge < -0.3 is 14.6 Å². The molecule has 7 rings (SSSR count). The zero-order valence-corrected chi connectivity index (χ0v) is 35.9. The number of aromatic nitrogens is 3. The van der Waals surface area contributed by atoms with Gasteiger partial charge in [-0.05, 0) is 129 Å². The van der Waals surface area contributed by atoms with Gasteiger partial charge in [-0.2, -0.15) is 0 Å². The van der Waals surface area contributed by atoms with E-state index in [-0.39, 0.29) is 57.4 Å². The van der Waals surface area contributed by atoms with E-state index in [4.69, 9.17) is 9.47 Å². The number of carbonyl (C=O) groups is 3. The molecule has 0 saturated heterocycles. The normalized spacial score (nSPS) is 35.1. The fourth-order valence-corrected chi connectivity index (χ4v) is 14.0. The molecule has 0 radical (unpaired) electrons. The first kappa shape index (κ1) is 40.5. The fourth-order valence-electron chi connectivity index (χ4n) is 14.0. The molecule has 0 amide bonds. The summed E-state index contributed by atoms with van der Waals surface area (Å²) in [7, 11) is 3.54. The van der Waals surface area contributed by atoms with Crippen LogP contribution in [0.25, 0.3) is 5.69 Å². The summed E-state index contributed by atoms with van der Waals surface area (Å²) in [6.07, 6.45) is 9.33. The van der Waals surface area contributed by atoms with Crippen LogP contribution in [0.4, 0.5) is 0 Å². The van der Waals surface area contributed by atoms with Crippen molar-refractivity contribution in [3.63, 3.8) is 0 Å². The Balaban J connectivity index is 1.25. The Bertz CT molecular complexity index is 2050. The topological polar surface area (TPSA) is 130 Å². The van der Waals surface area contributed by atoms with Crippen LogP contribution in [0.5, 0.6) is 5.88 Å². The molecule has 5 aliphatic rings. The largest absolute Gasteiger partial charge is 0.481 e. The van der Waals surface area contributed by atoms with Gasteiger partial charge in [0.2, 0.25) is 5.88 Å². The van der Waals surface area contributed by atoms with Gasteiger partial charge in [-0.3, -0.25) is 23.9 Å². The maximum atomic E-state index is 14.4. The first-order valence-electron chi connectivity index (χ1n) is 21.0. The van der Waals surface area contributed by atoms with Crippen molar-refractivity contribution in [2.75, 3.05) is 7.11 Å². The molecule has 8 atom stereocenters. The molecule has 5 aliphatic carbocycles. The van der Waals surface area contributed by atoms with Crippen molar-refractivity contribution in [2.45, 2.75) is 145 Å². The Morgan fingerprint density at radius 3 is 2.27 bits per heavy atom. The molecule has 10 heteroatoms. The minimum Gasteiger partial charge on any atom is -0.481 e. The first-order chi connectivity index (χ1) is 26.0. The number of esters is 1. The van der Waals surface area contributed by atoms with Crippen molar-refractivity contribution in [1.29, 1.82) is 0 Å². The van der Waals surface area contributed by atoms with Gasteiger partial charge in [-0.1, -0.05) is 48.5 Å². The molecular weight excluding hydrogens is 707 g/mol. The molecule has 56 heavy (non-hydrogen) atoms. The predicted octanol–water partition coefficient (Wildman–Crippen LogP) is 8.53. The minimum atomic E-state index is -1.18. The van der Waals surface area contributed by atoms with Crippen molar-refractivity contribution >= 4 is 17.7 Å². The van der Waals surface area contributed by atoms with Gasteiger partial charge >= 0.3 is 11.9 Å². The Hall–Kier alpha value is -3.69. The van der Waals surface area contributed by atoms with Crippen LogP contribution in [-0.4, -0.2) is 50.4 Å². The number of hydrogen-bond donors (Lipinski definition) is 1. The lowest BCUT2D eigenvalue weighted by atomic mass is 9.33. The number of methoxy groups -OCH3 is 1. The van der Waals surface area contributed by atoms with E-state index in [1.54, 1.807) is 37.9 Å². The molecule has 2 heterocycles. The van der Waals surface area contributed by atoms with Crippen LogP contribution in [0.3, 0.4) is 0 Å². The third kappa shape index (κ3) is 5.49. The Morgan fingerprint density at radius 2 is 1.66 bits per heavy atom. The first-order valence-corrected chi connectivity index (χ1v) is 21.0. The highest BCUT2D eigenvalue weighted by Crippen LogP contribution is 2.77. The molecule has 0 aromatic carbocycles. The summed E-state index contributed by atoms with van der Waals surface area (Å²) in [6.45, 7) is 21.6. The highest BCUT2D eigenvalue weighted by molar-refractivity contribution is 6.02. The number of hydrogen-bond acceptors (Lipinski definition) is 7. The number of allylic oxidation sites excluding steroid dienone is 2. The zero-order chi connectivity index (χ0) is 41.1. The highest BCUT2D eigenvalue weighted by Gasteiger charge is 2.70. The van der Waals surface area contributed by atoms with Crippen molar-refractivity contribution in [1.82, 2.24) is 14.3 Å². The van der Waals surface area contributed by atoms with E-state index in [9.17, 15) is 24.3 Å². The second kappa shape index (κ2) is 13.2. The second-order valence-corrected chi connectivity index (χ2v) is 20.7. The quantitative estimate of drug-likeness (QED) is 0.265. The lowest BCUT2D eigenvalue weighted by Gasteiger charge is -2.72. The van der Waals surface area contributed by atoms with Crippen LogP contribution in [0.2, 0.25) is 0 Å². The third-order valence-corrected chi connectivity index (χ3v) is 16.9. The van der Waals surface area contributed by atoms with Gasteiger partial charge in [0.15, 0.2) is 5.78 Å². The van der Waals surface area contributed by atoms with E-state index in [0.29, 0.717) is 35.4 Å². The average Bonchev–Trinajstić information content (AvgIpc) is 3.54. The number of rotatable bonds is 8. The van der Waals surface area contributed by atoms with Crippen molar-refractivity contribution in [3.05, 3.63) is 51.1 Å². The minimum absolute atomic E-state index is 0.0147. The molecule has 0 spiro atoms. The smallest absolute Gasteiger partial charge is 0.309 e. The molecule has 4 fully saturated rings. The van der Waals surface area contributed by atoms with Crippen LogP contribution in [0.1, 0.15) is 138 Å². The highest BCUT2D eigenvalue weighted by atomic mass is 16.5. The summed E-state index contributed by atoms with van der Waals surface area (Å²) in [4.78, 5) is 58.0. The van der Waals surface area contributed by atoms with Gasteiger partial charge in [-0.25, -0.2) is 9.67 Å². The number of pyridine rings is 1. The average molecular weight is 772 g/mol. The molecule has 0 aliphatic heterocycles. The van der Waals surface area contributed by atoms with Crippen molar-refractivity contribution in [2.24, 2.45) is 57.8 Å². The van der Waals surface area contributed by atoms with Gasteiger partial charge in [-0.15, -0.1) is 0 Å². The summed E-state index contributed by atoms with van der Waals surface area (Å²) < 4.78 is 15.2. The van der Waals surface area contributed by atoms with E-state index in [0.717, 1.165) is 62.6 Å². The van der Waals surface area contributed by atoms with Crippen molar-refractivity contribution < 1.29 is 29.0 Å². The summed E-state index contributed by atoms with van der Waals surface area (Å²) in [5.74, 6) is 0.377. The van der Waals surface area contributed by atoms with Crippen LogP contribution < -0.4 is 10.3 Å². The maximum Gasteiger partial charge on any atom is 0.309 e. The molecule has 2 aromatic rings. The van der Waals surface area contributed by atoms with Gasteiger partial charge in [0.05, 0.1) is 36.5 Å². The Morgan fingerprint density at radius 1 is 0.964 bits per heavy atom. The van der Waals surface area contributed by atoms with Gasteiger partial charge in [0.1, 0.15) is 6.10 Å². The van der Waals surface area contributed by atoms with E-state index < -0.39 is 22.8 Å². The van der Waals surface area contributed by atoms with E-state index in [2.05, 4.69) is 53.5 Å². The predicted molar refractivity (Wildman–Crippen MR) is 215 cm³/mol. The number of aliphatic carboxylic acids is 1. The maximum absolute atomic E-state index is 14.4. The standard InChI is InChI=1S/C46H65N3O7/c1-26(2)36-30(50)23-46(38-27(3)39(52)49(48(38)11)28-13-16-34(55-12)47-25-28)22-21-44(9)29(37(36)46)14-15-32-43(8)19-18-33(56-35(51)24-41(4,5)40(53)54)42(6,7)31(43)17-20-45(32,44)10/h13,16,25-26,29,31-33H,14-15,17-24H2,1-12H3,(H,53,54)/t29-,31+,32-,33?,43+,44-,45?,46-/m1/s1. The fraction of sp³-hybridized carbons (Fsp3) is 0.717. The molecule has 306 valence electrons. The lowest BCUT2D eigenvalue weighted by Crippen LogP contribution is -2.66. The second-order valence-electron chi connectivity index (χ2n) is 20.7.